The minimum Gasteiger partial charge on any atom is -0.534 e. The van der Waals surface area contributed by atoms with Crippen LogP contribution >= 0.6 is 0 Å². The van der Waals surface area contributed by atoms with Gasteiger partial charge >= 0.3 is 7.12 Å². The molecule has 0 saturated heterocycles. The predicted octanol–water partition coefficient (Wildman–Crippen LogP) is 0.821. The van der Waals surface area contributed by atoms with E-state index in [4.69, 9.17) is 19.4 Å². The molecule has 1 aliphatic rings. The zero-order chi connectivity index (χ0) is 18.9. The molecule has 2 atom stereocenters. The fourth-order valence-corrected chi connectivity index (χ4v) is 2.62. The van der Waals surface area contributed by atoms with E-state index in [1.807, 2.05) is 13.0 Å². The van der Waals surface area contributed by atoms with Crippen molar-refractivity contribution in [2.75, 3.05) is 13.4 Å². The number of fused-ring (bicyclic) bond motifs is 1. The fraction of sp³-hybridized carbons (Fsp3) is 0.529. The van der Waals surface area contributed by atoms with Gasteiger partial charge in [-0.3, -0.25) is 4.79 Å². The van der Waals surface area contributed by atoms with Crippen LogP contribution in [0.5, 0.6) is 5.75 Å². The van der Waals surface area contributed by atoms with E-state index in [0.717, 1.165) is 12.0 Å². The topological polar surface area (TPSA) is 121 Å². The van der Waals surface area contributed by atoms with Gasteiger partial charge in [0.1, 0.15) is 12.5 Å². The molecule has 1 aromatic rings. The Hall–Kier alpha value is -2.12. The largest absolute Gasteiger partial charge is 0.547 e. The number of hydrogen-bond acceptors (Lipinski definition) is 7. The summed E-state index contributed by atoms with van der Waals surface area (Å²) in [4.78, 5) is 11.8. The van der Waals surface area contributed by atoms with Crippen LogP contribution in [0.15, 0.2) is 18.2 Å². The van der Waals surface area contributed by atoms with Gasteiger partial charge in [0.2, 0.25) is 5.91 Å². The third-order valence-electron chi connectivity index (χ3n) is 3.88. The van der Waals surface area contributed by atoms with Crippen molar-refractivity contribution < 1.29 is 29.1 Å². The van der Waals surface area contributed by atoms with Gasteiger partial charge in [0.15, 0.2) is 6.29 Å². The number of para-hydroxylation sites is 1. The highest BCUT2D eigenvalue weighted by Crippen LogP contribution is 2.34. The standard InChI is InChI=1S/C17H23BN2O6/c1-2-9-24-11-25-17(22)13-6-3-5-12-10-14(18(23)26-16(12)13)20-15(21)7-4-8-19/h3,5-6,14,17,22-23H,2,4,7,9-11H2,1H3,(H,20,21)/t14-,17?/m0/s1. The number of benzene rings is 1. The highest BCUT2D eigenvalue weighted by molar-refractivity contribution is 6.46. The van der Waals surface area contributed by atoms with Crippen molar-refractivity contribution in [2.45, 2.75) is 44.8 Å². The molecule has 0 fully saturated rings. The maximum Gasteiger partial charge on any atom is 0.547 e. The first-order chi connectivity index (χ1) is 12.6. The third-order valence-corrected chi connectivity index (χ3v) is 3.88. The first kappa shape index (κ1) is 20.2. The summed E-state index contributed by atoms with van der Waals surface area (Å²) in [7, 11) is -1.27. The van der Waals surface area contributed by atoms with Gasteiger partial charge in [-0.1, -0.05) is 25.1 Å². The Morgan fingerprint density at radius 1 is 1.58 bits per heavy atom. The molecule has 2 rings (SSSR count). The number of nitrogens with one attached hydrogen (secondary N) is 1. The summed E-state index contributed by atoms with van der Waals surface area (Å²) in [5, 5.41) is 31.6. The van der Waals surface area contributed by atoms with Crippen molar-refractivity contribution in [3.05, 3.63) is 29.3 Å². The number of nitrogens with zero attached hydrogens (tertiary/aromatic N) is 1. The molecule has 1 aromatic carbocycles. The number of carbonyl (C=O) groups is 1. The highest BCUT2D eigenvalue weighted by Gasteiger charge is 2.37. The second kappa shape index (κ2) is 10.1. The summed E-state index contributed by atoms with van der Waals surface area (Å²) in [6, 6.07) is 7.07. The number of hydrogen-bond donors (Lipinski definition) is 3. The predicted molar refractivity (Wildman–Crippen MR) is 92.7 cm³/mol. The second-order valence-corrected chi connectivity index (χ2v) is 5.93. The molecule has 0 saturated carbocycles. The molecule has 1 amide bonds. The summed E-state index contributed by atoms with van der Waals surface area (Å²) < 4.78 is 16.0. The molecular formula is C17H23BN2O6. The van der Waals surface area contributed by atoms with Gasteiger partial charge in [-0.25, -0.2) is 0 Å². The second-order valence-electron chi connectivity index (χ2n) is 5.93. The summed E-state index contributed by atoms with van der Waals surface area (Å²) in [6.07, 6.45) is 0.103. The maximum absolute atomic E-state index is 11.8. The van der Waals surface area contributed by atoms with Crippen LogP contribution in [0, 0.1) is 11.3 Å². The van der Waals surface area contributed by atoms with E-state index in [0.29, 0.717) is 24.3 Å². The van der Waals surface area contributed by atoms with Gasteiger partial charge in [-0.2, -0.15) is 5.26 Å². The van der Waals surface area contributed by atoms with Crippen LogP contribution in [-0.4, -0.2) is 42.5 Å². The molecule has 1 aliphatic heterocycles. The first-order valence-electron chi connectivity index (χ1n) is 8.57. The van der Waals surface area contributed by atoms with Crippen molar-refractivity contribution in [1.82, 2.24) is 5.32 Å². The number of rotatable bonds is 9. The lowest BCUT2D eigenvalue weighted by Crippen LogP contribution is -2.53. The molecule has 3 N–H and O–H groups in total. The van der Waals surface area contributed by atoms with E-state index in [9.17, 15) is 14.9 Å². The number of ether oxygens (including phenoxy) is 2. The molecule has 0 radical (unpaired) electrons. The van der Waals surface area contributed by atoms with Crippen molar-refractivity contribution in [2.24, 2.45) is 0 Å². The smallest absolute Gasteiger partial charge is 0.534 e. The number of nitriles is 1. The van der Waals surface area contributed by atoms with Crippen LogP contribution in [0.2, 0.25) is 0 Å². The van der Waals surface area contributed by atoms with Crippen LogP contribution in [-0.2, 0) is 20.7 Å². The Balaban J connectivity index is 2.03. The Kier molecular flexibility index (Phi) is 7.87. The molecule has 1 heterocycles. The summed E-state index contributed by atoms with van der Waals surface area (Å²) >= 11 is 0. The van der Waals surface area contributed by atoms with Crippen LogP contribution in [0.1, 0.15) is 43.6 Å². The molecular weight excluding hydrogens is 339 g/mol. The Bertz CT molecular complexity index is 651. The van der Waals surface area contributed by atoms with Gasteiger partial charge in [0.05, 0.1) is 12.0 Å². The normalized spacial score (nSPS) is 17.0. The number of aliphatic hydroxyl groups is 1. The fourth-order valence-electron chi connectivity index (χ4n) is 2.62. The Labute approximate surface area is 152 Å². The quantitative estimate of drug-likeness (QED) is 0.338. The first-order valence-corrected chi connectivity index (χ1v) is 8.57. The van der Waals surface area contributed by atoms with Gasteiger partial charge in [-0.15, -0.1) is 0 Å². The van der Waals surface area contributed by atoms with Gasteiger partial charge in [0, 0.05) is 25.0 Å². The van der Waals surface area contributed by atoms with Gasteiger partial charge < -0.3 is 29.6 Å². The summed E-state index contributed by atoms with van der Waals surface area (Å²) in [5.74, 6) is -0.615. The van der Waals surface area contributed by atoms with E-state index < -0.39 is 19.3 Å². The van der Waals surface area contributed by atoms with E-state index >= 15 is 0 Å². The lowest BCUT2D eigenvalue weighted by atomic mass is 9.72. The highest BCUT2D eigenvalue weighted by atomic mass is 16.7. The molecule has 1 unspecified atom stereocenters. The van der Waals surface area contributed by atoms with Crippen molar-refractivity contribution >= 4 is 13.0 Å². The van der Waals surface area contributed by atoms with Crippen molar-refractivity contribution in [3.63, 3.8) is 0 Å². The lowest BCUT2D eigenvalue weighted by molar-refractivity contribution is -0.173. The monoisotopic (exact) mass is 362 g/mol. The van der Waals surface area contributed by atoms with E-state index in [-0.39, 0.29) is 25.5 Å². The molecule has 0 aliphatic carbocycles. The average Bonchev–Trinajstić information content (AvgIpc) is 2.63. The van der Waals surface area contributed by atoms with Crippen LogP contribution < -0.4 is 9.97 Å². The van der Waals surface area contributed by atoms with Gasteiger partial charge in [0.25, 0.3) is 0 Å². The third kappa shape index (κ3) is 5.44. The SMILES string of the molecule is CCCOCOC(O)c1cccc2c1OB(O)[C@@H](NC(=O)CCC#N)C2. The molecule has 26 heavy (non-hydrogen) atoms. The van der Waals surface area contributed by atoms with Crippen molar-refractivity contribution in [1.29, 1.82) is 5.26 Å². The Morgan fingerprint density at radius 3 is 3.12 bits per heavy atom. The van der Waals surface area contributed by atoms with Crippen molar-refractivity contribution in [3.8, 4) is 11.8 Å². The maximum atomic E-state index is 11.8. The molecule has 0 bridgehead atoms. The summed E-state index contributed by atoms with van der Waals surface area (Å²) in [5.41, 5.74) is 1.12. The summed E-state index contributed by atoms with van der Waals surface area (Å²) in [6.45, 7) is 2.44. The van der Waals surface area contributed by atoms with Crippen LogP contribution in [0.4, 0.5) is 0 Å². The Morgan fingerprint density at radius 2 is 2.38 bits per heavy atom. The van der Waals surface area contributed by atoms with Crippen LogP contribution in [0.3, 0.4) is 0 Å². The average molecular weight is 362 g/mol. The van der Waals surface area contributed by atoms with E-state index in [1.165, 1.54) is 0 Å². The number of amides is 1. The van der Waals surface area contributed by atoms with Crippen LogP contribution in [0.25, 0.3) is 0 Å². The number of aliphatic hydroxyl groups excluding tert-OH is 1. The van der Waals surface area contributed by atoms with E-state index in [1.54, 1.807) is 18.2 Å². The zero-order valence-electron chi connectivity index (χ0n) is 14.7. The zero-order valence-corrected chi connectivity index (χ0v) is 14.7. The molecule has 0 spiro atoms. The number of carbonyl (C=O) groups excluding carboxylic acids is 1. The molecule has 140 valence electrons. The molecule has 0 aromatic heterocycles. The molecule has 8 nitrogen and oxygen atoms in total. The minimum absolute atomic E-state index is 0.0567. The lowest BCUT2D eigenvalue weighted by Gasteiger charge is -2.30. The molecule has 9 heteroatoms. The van der Waals surface area contributed by atoms with Gasteiger partial charge in [-0.05, 0) is 18.4 Å². The minimum atomic E-state index is -1.27. The van der Waals surface area contributed by atoms with E-state index in [2.05, 4.69) is 5.32 Å².